The number of aromatic nitrogens is 2. The number of imidazole rings is 1. The number of carbonyl (C=O) groups is 1. The monoisotopic (exact) mass is 306 g/mol. The SMILES string of the molecule is CCCN(CCC(=O)N1CCC[C@H](C)C1)Cc1nccn1C. The molecule has 0 N–H and O–H groups in total. The van der Waals surface area contributed by atoms with Gasteiger partial charge in [0.25, 0.3) is 0 Å². The van der Waals surface area contributed by atoms with Crippen LogP contribution in [0.1, 0.15) is 45.4 Å². The van der Waals surface area contributed by atoms with Crippen molar-refractivity contribution in [3.05, 3.63) is 18.2 Å². The lowest BCUT2D eigenvalue weighted by Crippen LogP contribution is -2.40. The predicted octanol–water partition coefficient (Wildman–Crippen LogP) is 2.28. The highest BCUT2D eigenvalue weighted by Crippen LogP contribution is 2.16. The smallest absolute Gasteiger partial charge is 0.223 e. The largest absolute Gasteiger partial charge is 0.342 e. The van der Waals surface area contributed by atoms with E-state index in [-0.39, 0.29) is 0 Å². The molecular formula is C17H30N4O. The number of amides is 1. The maximum absolute atomic E-state index is 12.4. The highest BCUT2D eigenvalue weighted by atomic mass is 16.2. The summed E-state index contributed by atoms with van der Waals surface area (Å²) in [4.78, 5) is 21.2. The van der Waals surface area contributed by atoms with Crippen molar-refractivity contribution in [3.63, 3.8) is 0 Å². The Labute approximate surface area is 134 Å². The minimum absolute atomic E-state index is 0.312. The van der Waals surface area contributed by atoms with Crippen molar-refractivity contribution < 1.29 is 4.79 Å². The van der Waals surface area contributed by atoms with Crippen molar-refractivity contribution in [1.29, 1.82) is 0 Å². The Bertz CT molecular complexity index is 471. The van der Waals surface area contributed by atoms with Gasteiger partial charge in [0.2, 0.25) is 5.91 Å². The van der Waals surface area contributed by atoms with E-state index in [1.165, 1.54) is 6.42 Å². The lowest BCUT2D eigenvalue weighted by Gasteiger charge is -2.31. The molecule has 124 valence electrons. The van der Waals surface area contributed by atoms with E-state index in [1.54, 1.807) is 0 Å². The van der Waals surface area contributed by atoms with Crippen molar-refractivity contribution >= 4 is 5.91 Å². The minimum Gasteiger partial charge on any atom is -0.342 e. The molecule has 0 saturated carbocycles. The highest BCUT2D eigenvalue weighted by molar-refractivity contribution is 5.76. The van der Waals surface area contributed by atoms with Crippen LogP contribution in [0.15, 0.2) is 12.4 Å². The third-order valence-electron chi connectivity index (χ3n) is 4.48. The molecule has 5 heteroatoms. The Balaban J connectivity index is 1.83. The van der Waals surface area contributed by atoms with Crippen molar-refractivity contribution in [1.82, 2.24) is 19.4 Å². The number of hydrogen-bond donors (Lipinski definition) is 0. The average molecular weight is 306 g/mol. The molecule has 2 rings (SSSR count). The van der Waals surface area contributed by atoms with E-state index < -0.39 is 0 Å². The van der Waals surface area contributed by atoms with Gasteiger partial charge in [-0.15, -0.1) is 0 Å². The van der Waals surface area contributed by atoms with Crippen LogP contribution in [0.2, 0.25) is 0 Å². The topological polar surface area (TPSA) is 41.4 Å². The van der Waals surface area contributed by atoms with Crippen molar-refractivity contribution in [2.75, 3.05) is 26.2 Å². The fourth-order valence-corrected chi connectivity index (χ4v) is 3.16. The van der Waals surface area contributed by atoms with Gasteiger partial charge in [-0.2, -0.15) is 0 Å². The lowest BCUT2D eigenvalue weighted by atomic mass is 10.00. The van der Waals surface area contributed by atoms with Gasteiger partial charge in [0.1, 0.15) is 5.82 Å². The number of rotatable bonds is 7. The van der Waals surface area contributed by atoms with Gasteiger partial charge >= 0.3 is 0 Å². The van der Waals surface area contributed by atoms with Gasteiger partial charge in [-0.25, -0.2) is 4.98 Å². The van der Waals surface area contributed by atoms with Crippen LogP contribution >= 0.6 is 0 Å². The average Bonchev–Trinajstić information content (AvgIpc) is 2.90. The number of carbonyl (C=O) groups excluding carboxylic acids is 1. The molecule has 0 unspecified atom stereocenters. The van der Waals surface area contributed by atoms with E-state index in [9.17, 15) is 4.79 Å². The van der Waals surface area contributed by atoms with Crippen molar-refractivity contribution in [2.24, 2.45) is 13.0 Å². The molecule has 1 aliphatic rings. The number of piperidine rings is 1. The Morgan fingerprint density at radius 3 is 2.91 bits per heavy atom. The first-order valence-electron chi connectivity index (χ1n) is 8.56. The predicted molar refractivity (Wildman–Crippen MR) is 88.4 cm³/mol. The molecular weight excluding hydrogens is 276 g/mol. The summed E-state index contributed by atoms with van der Waals surface area (Å²) in [6, 6.07) is 0. The quantitative estimate of drug-likeness (QED) is 0.776. The molecule has 1 aromatic heterocycles. The van der Waals surface area contributed by atoms with E-state index in [2.05, 4.69) is 33.2 Å². The molecule has 1 amide bonds. The van der Waals surface area contributed by atoms with Gasteiger partial charge in [-0.1, -0.05) is 13.8 Å². The molecule has 0 aromatic carbocycles. The Morgan fingerprint density at radius 1 is 1.45 bits per heavy atom. The summed E-state index contributed by atoms with van der Waals surface area (Å²) in [6.45, 7) is 8.95. The first-order valence-corrected chi connectivity index (χ1v) is 8.56. The molecule has 1 atom stereocenters. The third-order valence-corrected chi connectivity index (χ3v) is 4.48. The molecule has 1 aliphatic heterocycles. The van der Waals surface area contributed by atoms with Crippen LogP contribution in [0.4, 0.5) is 0 Å². The number of nitrogens with zero attached hydrogens (tertiary/aromatic N) is 4. The molecule has 0 spiro atoms. The van der Waals surface area contributed by atoms with Crippen LogP contribution in [0.3, 0.4) is 0 Å². The molecule has 0 aliphatic carbocycles. The van der Waals surface area contributed by atoms with E-state index in [1.807, 2.05) is 19.4 Å². The summed E-state index contributed by atoms with van der Waals surface area (Å²) in [5.74, 6) is 2.03. The second-order valence-corrected chi connectivity index (χ2v) is 6.57. The van der Waals surface area contributed by atoms with E-state index in [0.29, 0.717) is 18.2 Å². The highest BCUT2D eigenvalue weighted by Gasteiger charge is 2.21. The second-order valence-electron chi connectivity index (χ2n) is 6.57. The van der Waals surface area contributed by atoms with Gasteiger partial charge in [0.05, 0.1) is 6.54 Å². The minimum atomic E-state index is 0.312. The van der Waals surface area contributed by atoms with E-state index >= 15 is 0 Å². The number of likely N-dealkylation sites (tertiary alicyclic amines) is 1. The molecule has 22 heavy (non-hydrogen) atoms. The van der Waals surface area contributed by atoms with E-state index in [4.69, 9.17) is 0 Å². The molecule has 0 radical (unpaired) electrons. The van der Waals surface area contributed by atoms with Crippen LogP contribution in [0, 0.1) is 5.92 Å². The van der Waals surface area contributed by atoms with Crippen molar-refractivity contribution in [3.8, 4) is 0 Å². The molecule has 5 nitrogen and oxygen atoms in total. The molecule has 0 bridgehead atoms. The van der Waals surface area contributed by atoms with Gasteiger partial charge in [0.15, 0.2) is 0 Å². The normalized spacial score (nSPS) is 18.9. The standard InChI is InChI=1S/C17H30N4O/c1-4-9-20(14-16-18-8-12-19(16)3)11-7-17(22)21-10-5-6-15(2)13-21/h8,12,15H,4-7,9-11,13-14H2,1-3H3/t15-/m0/s1. The Hall–Kier alpha value is -1.36. The van der Waals surface area contributed by atoms with Crippen LogP contribution in [-0.4, -0.2) is 51.4 Å². The maximum atomic E-state index is 12.4. The summed E-state index contributed by atoms with van der Waals surface area (Å²) in [5.41, 5.74) is 0. The fraction of sp³-hybridized carbons (Fsp3) is 0.765. The molecule has 1 saturated heterocycles. The summed E-state index contributed by atoms with van der Waals surface area (Å²) in [6.07, 6.45) is 7.93. The van der Waals surface area contributed by atoms with Crippen LogP contribution in [0.5, 0.6) is 0 Å². The van der Waals surface area contributed by atoms with Gasteiger partial charge in [-0.05, 0) is 31.7 Å². The van der Waals surface area contributed by atoms with Crippen LogP contribution in [-0.2, 0) is 18.4 Å². The summed E-state index contributed by atoms with van der Waals surface area (Å²) < 4.78 is 2.05. The number of aryl methyl sites for hydroxylation is 1. The van der Waals surface area contributed by atoms with Crippen molar-refractivity contribution in [2.45, 2.75) is 46.1 Å². The lowest BCUT2D eigenvalue weighted by molar-refractivity contribution is -0.133. The number of hydrogen-bond acceptors (Lipinski definition) is 3. The second kappa shape index (κ2) is 8.32. The van der Waals surface area contributed by atoms with Gasteiger partial charge < -0.3 is 9.47 Å². The molecule has 2 heterocycles. The van der Waals surface area contributed by atoms with Crippen LogP contribution in [0.25, 0.3) is 0 Å². The van der Waals surface area contributed by atoms with Gasteiger partial charge in [-0.3, -0.25) is 9.69 Å². The fourth-order valence-electron chi connectivity index (χ4n) is 3.16. The maximum Gasteiger partial charge on any atom is 0.223 e. The first kappa shape index (κ1) is 17.0. The third kappa shape index (κ3) is 4.83. The summed E-state index contributed by atoms with van der Waals surface area (Å²) in [5, 5.41) is 0. The zero-order valence-corrected chi connectivity index (χ0v) is 14.3. The Morgan fingerprint density at radius 2 is 2.27 bits per heavy atom. The summed E-state index contributed by atoms with van der Waals surface area (Å²) >= 11 is 0. The summed E-state index contributed by atoms with van der Waals surface area (Å²) in [7, 11) is 2.02. The van der Waals surface area contributed by atoms with Crippen LogP contribution < -0.4 is 0 Å². The van der Waals surface area contributed by atoms with E-state index in [0.717, 1.165) is 51.4 Å². The molecule has 1 aromatic rings. The Kier molecular flexibility index (Phi) is 6.43. The zero-order chi connectivity index (χ0) is 15.9. The van der Waals surface area contributed by atoms with Gasteiger partial charge in [0, 0.05) is 45.5 Å². The zero-order valence-electron chi connectivity index (χ0n) is 14.3. The first-order chi connectivity index (χ1) is 10.6. The molecule has 1 fully saturated rings.